The molecule has 2 aliphatic heterocycles. The first-order valence-electron chi connectivity index (χ1n) is 13.3. The first-order valence-corrected chi connectivity index (χ1v) is 15.2. The minimum Gasteiger partial charge on any atom is -0.490 e. The van der Waals surface area contributed by atoms with Crippen LogP contribution in [0.25, 0.3) is 0 Å². The lowest BCUT2D eigenvalue weighted by Crippen LogP contribution is -2.45. The van der Waals surface area contributed by atoms with Crippen molar-refractivity contribution >= 4 is 33.2 Å². The molecule has 0 radical (unpaired) electrons. The number of amides is 1. The molecule has 1 unspecified atom stereocenters. The van der Waals surface area contributed by atoms with Gasteiger partial charge in [0.25, 0.3) is 10.0 Å². The van der Waals surface area contributed by atoms with Crippen LogP contribution in [0.15, 0.2) is 65.8 Å². The monoisotopic (exact) mass is 566 g/mol. The van der Waals surface area contributed by atoms with Gasteiger partial charge in [-0.3, -0.25) is 9.48 Å². The lowest BCUT2D eigenvalue weighted by molar-refractivity contribution is -0.119. The van der Waals surface area contributed by atoms with Gasteiger partial charge in [-0.1, -0.05) is 29.8 Å². The molecule has 1 amide bonds. The molecular formula is C29H31ClN4O4S. The van der Waals surface area contributed by atoms with Crippen molar-refractivity contribution in [2.75, 3.05) is 18.1 Å². The van der Waals surface area contributed by atoms with Gasteiger partial charge in [0.1, 0.15) is 5.75 Å². The maximum Gasteiger partial charge on any atom is 0.264 e. The number of benzene rings is 2. The number of nitrogens with zero attached hydrogens (tertiary/aromatic N) is 3. The van der Waals surface area contributed by atoms with Crippen LogP contribution in [0.5, 0.6) is 5.75 Å². The van der Waals surface area contributed by atoms with Gasteiger partial charge in [-0.15, -0.1) is 0 Å². The second kappa shape index (κ2) is 10.4. The molecule has 2 aromatic carbocycles. The largest absolute Gasteiger partial charge is 0.490 e. The average Bonchev–Trinajstić information content (AvgIpc) is 3.29. The van der Waals surface area contributed by atoms with Gasteiger partial charge in [0.05, 0.1) is 29.9 Å². The Bertz CT molecular complexity index is 1550. The molecule has 3 aromatic rings. The summed E-state index contributed by atoms with van der Waals surface area (Å²) in [5, 5.41) is 5.27. The molecule has 3 aliphatic rings. The highest BCUT2D eigenvalue weighted by molar-refractivity contribution is 7.90. The van der Waals surface area contributed by atoms with Gasteiger partial charge in [-0.2, -0.15) is 5.10 Å². The second-order valence-electron chi connectivity index (χ2n) is 10.7. The van der Waals surface area contributed by atoms with Gasteiger partial charge in [0.15, 0.2) is 0 Å². The van der Waals surface area contributed by atoms with Gasteiger partial charge in [-0.05, 0) is 73.6 Å². The van der Waals surface area contributed by atoms with Crippen LogP contribution in [0.4, 0.5) is 5.69 Å². The van der Waals surface area contributed by atoms with Crippen molar-refractivity contribution < 1.29 is 17.9 Å². The van der Waals surface area contributed by atoms with Crippen LogP contribution in [0, 0.1) is 0 Å². The molecule has 3 heterocycles. The molecule has 1 aromatic heterocycles. The zero-order valence-electron chi connectivity index (χ0n) is 21.6. The van der Waals surface area contributed by atoms with Crippen LogP contribution in [0.3, 0.4) is 0 Å². The lowest BCUT2D eigenvalue weighted by atomic mass is 9.70. The van der Waals surface area contributed by atoms with Gasteiger partial charge < -0.3 is 9.64 Å². The van der Waals surface area contributed by atoms with Gasteiger partial charge in [0, 0.05) is 41.7 Å². The molecule has 1 N–H and O–H groups in total. The Labute approximate surface area is 233 Å². The number of aryl methyl sites for hydroxylation is 1. The molecule has 39 heavy (non-hydrogen) atoms. The smallest absolute Gasteiger partial charge is 0.264 e. The Kier molecular flexibility index (Phi) is 6.89. The van der Waals surface area contributed by atoms with Gasteiger partial charge in [-0.25, -0.2) is 13.1 Å². The summed E-state index contributed by atoms with van der Waals surface area (Å²) in [5.41, 5.74) is 3.88. The number of aromatic nitrogens is 2. The van der Waals surface area contributed by atoms with E-state index in [0.29, 0.717) is 50.5 Å². The van der Waals surface area contributed by atoms with Gasteiger partial charge in [0.2, 0.25) is 5.91 Å². The van der Waals surface area contributed by atoms with Gasteiger partial charge >= 0.3 is 0 Å². The maximum absolute atomic E-state index is 13.2. The number of hydrogen-bond donors (Lipinski definition) is 1. The van der Waals surface area contributed by atoms with E-state index in [4.69, 9.17) is 16.3 Å². The van der Waals surface area contributed by atoms with Crippen molar-refractivity contribution in [3.8, 4) is 5.75 Å². The molecular weight excluding hydrogens is 536 g/mol. The van der Waals surface area contributed by atoms with Crippen molar-refractivity contribution in [3.63, 3.8) is 0 Å². The molecule has 0 fully saturated rings. The summed E-state index contributed by atoms with van der Waals surface area (Å²) < 4.78 is 37.0. The highest BCUT2D eigenvalue weighted by Gasteiger charge is 2.42. The number of rotatable bonds is 0. The quantitative estimate of drug-likeness (QED) is 0.395. The predicted molar refractivity (Wildman–Crippen MR) is 150 cm³/mol. The van der Waals surface area contributed by atoms with Crippen LogP contribution in [-0.4, -0.2) is 37.3 Å². The summed E-state index contributed by atoms with van der Waals surface area (Å²) in [6.45, 7) is 2.26. The number of carbonyl (C=O) groups excluding carboxylic acids is 1. The Morgan fingerprint density at radius 2 is 1.97 bits per heavy atom. The Morgan fingerprint density at radius 1 is 1.08 bits per heavy atom. The third-order valence-electron chi connectivity index (χ3n) is 7.86. The lowest BCUT2D eigenvalue weighted by Gasteiger charge is -2.40. The zero-order chi connectivity index (χ0) is 27.0. The number of ether oxygens (including phenoxy) is 1. The van der Waals surface area contributed by atoms with E-state index < -0.39 is 15.9 Å². The van der Waals surface area contributed by atoms with E-state index in [-0.39, 0.29) is 16.7 Å². The predicted octanol–water partition coefficient (Wildman–Crippen LogP) is 4.75. The summed E-state index contributed by atoms with van der Waals surface area (Å²) in [4.78, 5) is 14.7. The molecule has 1 spiro atoms. The van der Waals surface area contributed by atoms with Crippen LogP contribution in [0.1, 0.15) is 48.8 Å². The molecule has 0 saturated heterocycles. The third kappa shape index (κ3) is 5.30. The van der Waals surface area contributed by atoms with E-state index in [0.717, 1.165) is 29.8 Å². The Hall–Kier alpha value is -3.30. The normalized spacial score (nSPS) is 23.6. The molecule has 204 valence electrons. The molecule has 1 aliphatic carbocycles. The molecule has 4 bridgehead atoms. The van der Waals surface area contributed by atoms with E-state index in [1.807, 2.05) is 35.3 Å². The fourth-order valence-electron chi connectivity index (χ4n) is 5.99. The zero-order valence-corrected chi connectivity index (χ0v) is 23.2. The average molecular weight is 567 g/mol. The highest BCUT2D eigenvalue weighted by atomic mass is 35.5. The summed E-state index contributed by atoms with van der Waals surface area (Å²) in [6.07, 6.45) is 12.2. The summed E-state index contributed by atoms with van der Waals surface area (Å²) in [5.74, 6) is 0.106. The molecule has 1 atom stereocenters. The van der Waals surface area contributed by atoms with Crippen molar-refractivity contribution in [1.29, 1.82) is 0 Å². The fourth-order valence-corrected chi connectivity index (χ4v) is 7.22. The molecule has 0 saturated carbocycles. The molecule has 10 heteroatoms. The topological polar surface area (TPSA) is 93.5 Å². The van der Waals surface area contributed by atoms with Crippen molar-refractivity contribution in [3.05, 3.63) is 82.7 Å². The highest BCUT2D eigenvalue weighted by Crippen LogP contribution is 2.45. The summed E-state index contributed by atoms with van der Waals surface area (Å²) >= 11 is 6.35. The van der Waals surface area contributed by atoms with Crippen molar-refractivity contribution in [2.45, 2.75) is 61.9 Å². The first kappa shape index (κ1) is 26.0. The van der Waals surface area contributed by atoms with E-state index in [2.05, 4.69) is 26.9 Å². The van der Waals surface area contributed by atoms with E-state index >= 15 is 0 Å². The van der Waals surface area contributed by atoms with Crippen molar-refractivity contribution in [1.82, 2.24) is 14.5 Å². The molecule has 6 rings (SSSR count). The van der Waals surface area contributed by atoms with Crippen LogP contribution < -0.4 is 14.4 Å². The van der Waals surface area contributed by atoms with Crippen molar-refractivity contribution in [2.24, 2.45) is 0 Å². The number of sulfonamides is 1. The number of nitrogens with one attached hydrogen (secondary N) is 1. The standard InChI is InChI=1S/C29H31ClN4O4S/c30-23-8-10-25-22(14-23)6-5-12-29(25)19-33-17-21-16-31-34(18-21)13-4-2-1-3-7-28(35)32-39(36,37)24-9-11-27(38-20-29)26(33)15-24/h2,4,8-11,14-16,18H,1,3,5-7,12-13,17,19-20H2,(H,32,35)/b4-2+. The van der Waals surface area contributed by atoms with E-state index in [1.165, 1.54) is 17.2 Å². The maximum atomic E-state index is 13.2. The number of allylic oxidation sites excluding steroid dienone is 2. The minimum absolute atomic E-state index is 0.0369. The van der Waals surface area contributed by atoms with Crippen LogP contribution in [0.2, 0.25) is 5.02 Å². The number of hydrogen-bond acceptors (Lipinski definition) is 6. The number of fused-ring (bicyclic) bond motifs is 5. The SMILES string of the molecule is O=C1CCC/C=C/Cn2cc(cn2)CN2CC3(CCCc4cc(Cl)ccc43)COc3ccc(cc32)S(=O)(=O)N1. The number of anilines is 1. The first-order chi connectivity index (χ1) is 18.8. The van der Waals surface area contributed by atoms with Crippen LogP contribution in [-0.2, 0) is 39.7 Å². The second-order valence-corrected chi connectivity index (χ2v) is 12.8. The number of halogens is 1. The minimum atomic E-state index is -4.04. The Balaban J connectivity index is 1.45. The molecule has 8 nitrogen and oxygen atoms in total. The third-order valence-corrected chi connectivity index (χ3v) is 9.47. The summed E-state index contributed by atoms with van der Waals surface area (Å²) in [7, 11) is -4.04. The Morgan fingerprint density at radius 3 is 2.87 bits per heavy atom. The van der Waals surface area contributed by atoms with Crippen LogP contribution >= 0.6 is 11.6 Å². The fraction of sp³-hybridized carbons (Fsp3) is 0.379. The number of carbonyl (C=O) groups is 1. The van der Waals surface area contributed by atoms with E-state index in [9.17, 15) is 13.2 Å². The van der Waals surface area contributed by atoms with E-state index in [1.54, 1.807) is 12.1 Å². The summed E-state index contributed by atoms with van der Waals surface area (Å²) in [6, 6.07) is 10.9.